The topological polar surface area (TPSA) is 41.1 Å². The fourth-order valence-corrected chi connectivity index (χ4v) is 1.65. The number of nitrogens with one attached hydrogen (secondary N) is 2. The van der Waals surface area contributed by atoms with Crippen LogP contribution in [0, 0.1) is 0 Å². The molecule has 1 aromatic carbocycles. The lowest BCUT2D eigenvalue weighted by Gasteiger charge is -2.05. The Bertz CT molecular complexity index is 333. The molecule has 3 heteroatoms. The third-order valence-electron chi connectivity index (χ3n) is 2.73. The summed E-state index contributed by atoms with van der Waals surface area (Å²) in [6.07, 6.45) is 3.76. The average molecular weight is 234 g/mol. The predicted octanol–water partition coefficient (Wildman–Crippen LogP) is 2.33. The standard InChI is InChI=1S/C14H22N2O/c1-3-4-5-10-16-11-12-6-8-13(9-7-12)14(17)15-2/h6-9,16H,3-5,10-11H2,1-2H3,(H,15,17). The lowest BCUT2D eigenvalue weighted by molar-refractivity contribution is 0.0963. The molecular weight excluding hydrogens is 212 g/mol. The minimum Gasteiger partial charge on any atom is -0.355 e. The fraction of sp³-hybridized carbons (Fsp3) is 0.500. The van der Waals surface area contributed by atoms with Gasteiger partial charge in [-0.3, -0.25) is 4.79 Å². The first-order valence-corrected chi connectivity index (χ1v) is 6.29. The normalized spacial score (nSPS) is 10.2. The van der Waals surface area contributed by atoms with E-state index in [0.29, 0.717) is 5.56 Å². The highest BCUT2D eigenvalue weighted by atomic mass is 16.1. The Morgan fingerprint density at radius 1 is 1.18 bits per heavy atom. The van der Waals surface area contributed by atoms with Crippen LogP contribution in [0.1, 0.15) is 42.1 Å². The molecule has 0 heterocycles. The maximum absolute atomic E-state index is 11.3. The van der Waals surface area contributed by atoms with Gasteiger partial charge in [0.05, 0.1) is 0 Å². The zero-order chi connectivity index (χ0) is 12.5. The van der Waals surface area contributed by atoms with Crippen molar-refractivity contribution in [3.05, 3.63) is 35.4 Å². The van der Waals surface area contributed by atoms with Crippen LogP contribution in [0.4, 0.5) is 0 Å². The maximum atomic E-state index is 11.3. The summed E-state index contributed by atoms with van der Waals surface area (Å²) in [6.45, 7) is 4.14. The Hall–Kier alpha value is -1.35. The first kappa shape index (κ1) is 13.7. The minimum absolute atomic E-state index is 0.0348. The number of benzene rings is 1. The van der Waals surface area contributed by atoms with Crippen molar-refractivity contribution in [1.82, 2.24) is 10.6 Å². The molecule has 0 bridgehead atoms. The maximum Gasteiger partial charge on any atom is 0.251 e. The van der Waals surface area contributed by atoms with Crippen LogP contribution in [-0.2, 0) is 6.54 Å². The van der Waals surface area contributed by atoms with E-state index in [0.717, 1.165) is 13.1 Å². The smallest absolute Gasteiger partial charge is 0.251 e. The number of rotatable bonds is 7. The molecule has 1 aromatic rings. The summed E-state index contributed by atoms with van der Waals surface area (Å²) in [6, 6.07) is 7.72. The van der Waals surface area contributed by atoms with Gasteiger partial charge in [-0.2, -0.15) is 0 Å². The monoisotopic (exact) mass is 234 g/mol. The first-order chi connectivity index (χ1) is 8.27. The molecule has 0 aromatic heterocycles. The van der Waals surface area contributed by atoms with Crippen LogP contribution in [-0.4, -0.2) is 19.5 Å². The number of hydrogen-bond acceptors (Lipinski definition) is 2. The Labute approximate surface area is 104 Å². The van der Waals surface area contributed by atoms with E-state index in [-0.39, 0.29) is 5.91 Å². The highest BCUT2D eigenvalue weighted by molar-refractivity contribution is 5.93. The van der Waals surface area contributed by atoms with Gasteiger partial charge < -0.3 is 10.6 Å². The molecule has 0 saturated heterocycles. The molecule has 0 unspecified atom stereocenters. The number of amides is 1. The number of carbonyl (C=O) groups excluding carboxylic acids is 1. The summed E-state index contributed by atoms with van der Waals surface area (Å²) in [5, 5.41) is 6.01. The van der Waals surface area contributed by atoms with Crippen LogP contribution in [0.2, 0.25) is 0 Å². The van der Waals surface area contributed by atoms with E-state index in [4.69, 9.17) is 0 Å². The van der Waals surface area contributed by atoms with Crippen molar-refractivity contribution in [3.8, 4) is 0 Å². The summed E-state index contributed by atoms with van der Waals surface area (Å²) >= 11 is 0. The zero-order valence-electron chi connectivity index (χ0n) is 10.8. The van der Waals surface area contributed by atoms with Crippen molar-refractivity contribution in [2.75, 3.05) is 13.6 Å². The molecule has 0 fully saturated rings. The average Bonchev–Trinajstić information content (AvgIpc) is 2.38. The minimum atomic E-state index is -0.0348. The van der Waals surface area contributed by atoms with E-state index in [1.54, 1.807) is 7.05 Å². The van der Waals surface area contributed by atoms with Gasteiger partial charge in [-0.1, -0.05) is 31.9 Å². The Morgan fingerprint density at radius 3 is 2.47 bits per heavy atom. The molecule has 1 rings (SSSR count). The molecule has 0 aliphatic rings. The van der Waals surface area contributed by atoms with Crippen LogP contribution in [0.5, 0.6) is 0 Å². The molecule has 0 saturated carbocycles. The van der Waals surface area contributed by atoms with Gasteiger partial charge in [0, 0.05) is 19.2 Å². The van der Waals surface area contributed by atoms with E-state index >= 15 is 0 Å². The molecule has 17 heavy (non-hydrogen) atoms. The lowest BCUT2D eigenvalue weighted by Crippen LogP contribution is -2.18. The second-order valence-electron chi connectivity index (χ2n) is 4.16. The van der Waals surface area contributed by atoms with E-state index in [1.165, 1.54) is 24.8 Å². The van der Waals surface area contributed by atoms with Crippen LogP contribution in [0.3, 0.4) is 0 Å². The van der Waals surface area contributed by atoms with Gasteiger partial charge in [0.15, 0.2) is 0 Å². The Kier molecular flexibility index (Phi) is 6.33. The summed E-state index contributed by atoms with van der Waals surface area (Å²) in [5.74, 6) is -0.0348. The van der Waals surface area contributed by atoms with Gasteiger partial charge in [-0.05, 0) is 30.7 Å². The van der Waals surface area contributed by atoms with E-state index in [1.807, 2.05) is 24.3 Å². The third kappa shape index (κ3) is 5.00. The summed E-state index contributed by atoms with van der Waals surface area (Å²) < 4.78 is 0. The van der Waals surface area contributed by atoms with Crippen molar-refractivity contribution in [1.29, 1.82) is 0 Å². The van der Waals surface area contributed by atoms with Gasteiger partial charge in [-0.25, -0.2) is 0 Å². The van der Waals surface area contributed by atoms with Crippen molar-refractivity contribution < 1.29 is 4.79 Å². The molecular formula is C14H22N2O. The molecule has 1 amide bonds. The van der Waals surface area contributed by atoms with Crippen LogP contribution < -0.4 is 10.6 Å². The molecule has 0 aliphatic carbocycles. The molecule has 2 N–H and O–H groups in total. The summed E-state index contributed by atoms with van der Waals surface area (Å²) in [5.41, 5.74) is 1.93. The molecule has 94 valence electrons. The van der Waals surface area contributed by atoms with Crippen LogP contribution in [0.15, 0.2) is 24.3 Å². The predicted molar refractivity (Wildman–Crippen MR) is 71.1 cm³/mol. The van der Waals surface area contributed by atoms with Gasteiger partial charge in [-0.15, -0.1) is 0 Å². The first-order valence-electron chi connectivity index (χ1n) is 6.29. The lowest BCUT2D eigenvalue weighted by atomic mass is 10.1. The van der Waals surface area contributed by atoms with Crippen molar-refractivity contribution in [3.63, 3.8) is 0 Å². The van der Waals surface area contributed by atoms with E-state index < -0.39 is 0 Å². The third-order valence-corrected chi connectivity index (χ3v) is 2.73. The number of carbonyl (C=O) groups is 1. The Morgan fingerprint density at radius 2 is 1.88 bits per heavy atom. The number of hydrogen-bond donors (Lipinski definition) is 2. The Balaban J connectivity index is 2.33. The van der Waals surface area contributed by atoms with Crippen molar-refractivity contribution >= 4 is 5.91 Å². The number of unbranched alkanes of at least 4 members (excludes halogenated alkanes) is 2. The largest absolute Gasteiger partial charge is 0.355 e. The fourth-order valence-electron chi connectivity index (χ4n) is 1.65. The van der Waals surface area contributed by atoms with Crippen molar-refractivity contribution in [2.24, 2.45) is 0 Å². The second-order valence-corrected chi connectivity index (χ2v) is 4.16. The highest BCUT2D eigenvalue weighted by Gasteiger charge is 2.01. The molecule has 0 radical (unpaired) electrons. The van der Waals surface area contributed by atoms with Gasteiger partial charge in [0.2, 0.25) is 0 Å². The molecule has 0 spiro atoms. The highest BCUT2D eigenvalue weighted by Crippen LogP contribution is 2.04. The van der Waals surface area contributed by atoms with Crippen molar-refractivity contribution in [2.45, 2.75) is 32.7 Å². The molecule has 0 aliphatic heterocycles. The van der Waals surface area contributed by atoms with Gasteiger partial charge >= 0.3 is 0 Å². The van der Waals surface area contributed by atoms with E-state index in [9.17, 15) is 4.79 Å². The van der Waals surface area contributed by atoms with Crippen LogP contribution in [0.25, 0.3) is 0 Å². The van der Waals surface area contributed by atoms with Gasteiger partial charge in [0.25, 0.3) is 5.91 Å². The van der Waals surface area contributed by atoms with Gasteiger partial charge in [0.1, 0.15) is 0 Å². The summed E-state index contributed by atoms with van der Waals surface area (Å²) in [4.78, 5) is 11.3. The summed E-state index contributed by atoms with van der Waals surface area (Å²) in [7, 11) is 1.64. The molecule has 3 nitrogen and oxygen atoms in total. The quantitative estimate of drug-likeness (QED) is 0.711. The zero-order valence-corrected chi connectivity index (χ0v) is 10.8. The van der Waals surface area contributed by atoms with Crippen LogP contribution >= 0.6 is 0 Å². The van der Waals surface area contributed by atoms with E-state index in [2.05, 4.69) is 17.6 Å². The SMILES string of the molecule is CCCCCNCc1ccc(C(=O)NC)cc1. The molecule has 0 atom stereocenters. The second kappa shape index (κ2) is 7.85.